The molecular weight excluding hydrogens is 399 g/mol. The molecule has 1 aromatic carbocycles. The first-order chi connectivity index (χ1) is 10.5. The molecule has 1 fully saturated rings. The molecule has 0 aliphatic carbocycles. The second kappa shape index (κ2) is 8.73. The summed E-state index contributed by atoms with van der Waals surface area (Å²) in [6.07, 6.45) is 7.72. The number of carbonyl (C=O) groups excluding carboxylic acids is 2. The third-order valence-corrected chi connectivity index (χ3v) is 4.14. The summed E-state index contributed by atoms with van der Waals surface area (Å²) in [5, 5.41) is 9.57. The molecule has 0 unspecified atom stereocenters. The quantitative estimate of drug-likeness (QED) is 0.441. The Morgan fingerprint density at radius 3 is 2.41 bits per heavy atom. The fourth-order valence-corrected chi connectivity index (χ4v) is 2.59. The van der Waals surface area contributed by atoms with Crippen molar-refractivity contribution in [1.82, 2.24) is 0 Å². The molecule has 0 saturated carbocycles. The molecule has 22 heavy (non-hydrogen) atoms. The van der Waals surface area contributed by atoms with Gasteiger partial charge in [0.25, 0.3) is 5.91 Å². The molecule has 1 aliphatic rings. The van der Waals surface area contributed by atoms with E-state index < -0.39 is 18.1 Å². The van der Waals surface area contributed by atoms with Crippen molar-refractivity contribution >= 4 is 40.4 Å². The van der Waals surface area contributed by atoms with Crippen LogP contribution in [0.5, 0.6) is 0 Å². The number of aliphatic hydroxyl groups excluding tert-OH is 1. The number of amides is 2. The summed E-state index contributed by atoms with van der Waals surface area (Å²) in [7, 11) is 0. The van der Waals surface area contributed by atoms with Crippen molar-refractivity contribution in [2.75, 3.05) is 9.72 Å². The van der Waals surface area contributed by atoms with Crippen LogP contribution in [-0.4, -0.2) is 35.7 Å². The third kappa shape index (κ3) is 4.69. The summed E-state index contributed by atoms with van der Waals surface area (Å²) in [5.41, 5.74) is 6.18. The lowest BCUT2D eigenvalue weighted by atomic mass is 10.1. The lowest BCUT2D eigenvalue weighted by Crippen LogP contribution is -2.40. The summed E-state index contributed by atoms with van der Waals surface area (Å²) in [5.74, 6) is -0.738. The molecule has 0 radical (unpaired) electrons. The van der Waals surface area contributed by atoms with Crippen LogP contribution in [0, 0.1) is 12.8 Å². The number of aliphatic hydroxyl groups is 1. The molecule has 7 heteroatoms. The lowest BCUT2D eigenvalue weighted by molar-refractivity contribution is -0.135. The van der Waals surface area contributed by atoms with Crippen LogP contribution in [0.15, 0.2) is 24.3 Å². The highest BCUT2D eigenvalue weighted by atomic mass is 127. The molecule has 118 valence electrons. The number of nitrogens with two attached hydrogens (primary N) is 1. The zero-order chi connectivity index (χ0) is 16.7. The topological polar surface area (TPSA) is 92.9 Å². The van der Waals surface area contributed by atoms with Crippen molar-refractivity contribution < 1.29 is 19.4 Å². The number of hydrogen-bond acceptors (Lipinski definition) is 4. The fraction of sp³-hybridized carbons (Fsp3) is 0.333. The van der Waals surface area contributed by atoms with E-state index in [1.165, 1.54) is 3.11 Å². The van der Waals surface area contributed by atoms with E-state index in [-0.39, 0.29) is 5.91 Å². The maximum absolute atomic E-state index is 12.3. The highest BCUT2D eigenvalue weighted by Crippen LogP contribution is 2.24. The number of anilines is 1. The molecule has 1 aromatic rings. The van der Waals surface area contributed by atoms with Crippen LogP contribution in [0.2, 0.25) is 0 Å². The minimum absolute atomic E-state index is 0.226. The molecule has 0 aromatic heterocycles. The van der Waals surface area contributed by atoms with Crippen LogP contribution in [0.25, 0.3) is 0 Å². The van der Waals surface area contributed by atoms with Gasteiger partial charge < -0.3 is 15.6 Å². The maximum Gasteiger partial charge on any atom is 0.265 e. The molecule has 0 spiro atoms. The summed E-state index contributed by atoms with van der Waals surface area (Å²) in [4.78, 5) is 23.2. The van der Waals surface area contributed by atoms with E-state index in [1.807, 2.05) is 22.9 Å². The molecule has 6 nitrogen and oxygen atoms in total. The lowest BCUT2D eigenvalue weighted by Gasteiger charge is -2.28. The van der Waals surface area contributed by atoms with E-state index in [9.17, 15) is 14.7 Å². The molecule has 3 N–H and O–H groups in total. The van der Waals surface area contributed by atoms with E-state index in [4.69, 9.17) is 10.5 Å². The molecule has 0 bridgehead atoms. The number of benzene rings is 1. The van der Waals surface area contributed by atoms with Gasteiger partial charge in [0.2, 0.25) is 5.91 Å². The van der Waals surface area contributed by atoms with Gasteiger partial charge in [-0.25, -0.2) is 0 Å². The monoisotopic (exact) mass is 416 g/mol. The summed E-state index contributed by atoms with van der Waals surface area (Å²) in [6.45, 7) is 0.378. The minimum Gasteiger partial charge on any atom is -0.393 e. The molecular formula is C15H17IN2O4. The number of ether oxygens (including phenoxy) is 1. The largest absolute Gasteiger partial charge is 0.393 e. The zero-order valence-electron chi connectivity index (χ0n) is 11.8. The zero-order valence-corrected chi connectivity index (χ0v) is 14.0. The smallest absolute Gasteiger partial charge is 0.265 e. The Morgan fingerprint density at radius 2 is 1.91 bits per heavy atom. The third-order valence-electron chi connectivity index (χ3n) is 3.10. The SMILES string of the molecule is C#C.NC(=O)c1ccc(N(I)C(=O)[C@H]2C[C@@H](O)CCO2)cc1. The second-order valence-electron chi connectivity index (χ2n) is 4.57. The van der Waals surface area contributed by atoms with Crippen LogP contribution < -0.4 is 8.85 Å². The first-order valence-corrected chi connectivity index (χ1v) is 7.48. The van der Waals surface area contributed by atoms with Gasteiger partial charge in [-0.15, -0.1) is 12.8 Å². The molecule has 1 aliphatic heterocycles. The van der Waals surface area contributed by atoms with E-state index in [0.717, 1.165) is 0 Å². The Hall–Kier alpha value is -1.63. The van der Waals surface area contributed by atoms with Gasteiger partial charge >= 0.3 is 0 Å². The van der Waals surface area contributed by atoms with E-state index in [2.05, 4.69) is 12.8 Å². The summed E-state index contributed by atoms with van der Waals surface area (Å²) in [6, 6.07) is 6.41. The standard InChI is InChI=1S/C13H15IN2O4.C2H2/c14-16(9-3-1-8(2-4-9)12(15)18)13(19)11-7-10(17)5-6-20-11;1-2/h1-4,10-11,17H,5-7H2,(H2,15,18);1-2H/t10-,11+;/m0./s1. The molecule has 1 saturated heterocycles. The predicted octanol–water partition coefficient (Wildman–Crippen LogP) is 1.26. The number of nitrogens with zero attached hydrogens (tertiary/aromatic N) is 1. The van der Waals surface area contributed by atoms with Crippen LogP contribution >= 0.6 is 22.9 Å². The van der Waals surface area contributed by atoms with E-state index >= 15 is 0 Å². The number of rotatable bonds is 3. The highest BCUT2D eigenvalue weighted by molar-refractivity contribution is 14.1. The Balaban J connectivity index is 0.00000116. The van der Waals surface area contributed by atoms with E-state index in [0.29, 0.717) is 30.7 Å². The van der Waals surface area contributed by atoms with Gasteiger partial charge in [0.05, 0.1) is 41.3 Å². The number of halogens is 1. The first kappa shape index (κ1) is 18.4. The van der Waals surface area contributed by atoms with E-state index in [1.54, 1.807) is 24.3 Å². The summed E-state index contributed by atoms with van der Waals surface area (Å²) >= 11 is 1.88. The average molecular weight is 416 g/mol. The number of hydrogen-bond donors (Lipinski definition) is 2. The van der Waals surface area contributed by atoms with Gasteiger partial charge in [-0.05, 0) is 30.7 Å². The van der Waals surface area contributed by atoms with Gasteiger partial charge in [-0.3, -0.25) is 12.7 Å². The van der Waals surface area contributed by atoms with Crippen molar-refractivity contribution in [1.29, 1.82) is 0 Å². The van der Waals surface area contributed by atoms with Gasteiger partial charge in [0, 0.05) is 12.0 Å². The fourth-order valence-electron chi connectivity index (χ4n) is 1.96. The van der Waals surface area contributed by atoms with Gasteiger partial charge in [0.15, 0.2) is 0 Å². The van der Waals surface area contributed by atoms with Crippen molar-refractivity contribution in [3.63, 3.8) is 0 Å². The van der Waals surface area contributed by atoms with Crippen LogP contribution in [0.4, 0.5) is 5.69 Å². The van der Waals surface area contributed by atoms with Gasteiger partial charge in [-0.1, -0.05) is 0 Å². The van der Waals surface area contributed by atoms with Gasteiger partial charge in [0.1, 0.15) is 6.10 Å². The molecule has 1 heterocycles. The number of primary amides is 1. The number of terminal acetylenes is 1. The Kier molecular flexibility index (Phi) is 7.31. The van der Waals surface area contributed by atoms with Crippen LogP contribution in [0.1, 0.15) is 23.2 Å². The van der Waals surface area contributed by atoms with Crippen molar-refractivity contribution in [3.05, 3.63) is 29.8 Å². The molecule has 2 atom stereocenters. The van der Waals surface area contributed by atoms with Crippen LogP contribution in [0.3, 0.4) is 0 Å². The Morgan fingerprint density at radius 1 is 1.32 bits per heavy atom. The second-order valence-corrected chi connectivity index (χ2v) is 5.53. The maximum atomic E-state index is 12.3. The minimum atomic E-state index is -0.633. The molecule has 2 rings (SSSR count). The number of carbonyl (C=O) groups is 2. The summed E-state index contributed by atoms with van der Waals surface area (Å²) < 4.78 is 6.81. The molecule has 2 amide bonds. The van der Waals surface area contributed by atoms with Crippen LogP contribution in [-0.2, 0) is 9.53 Å². The normalized spacial score (nSPS) is 20.4. The average Bonchev–Trinajstić information content (AvgIpc) is 2.55. The highest BCUT2D eigenvalue weighted by Gasteiger charge is 2.30. The van der Waals surface area contributed by atoms with Crippen molar-refractivity contribution in [2.45, 2.75) is 25.0 Å². The predicted molar refractivity (Wildman–Crippen MR) is 91.3 cm³/mol. The first-order valence-electron chi connectivity index (χ1n) is 6.51. The van der Waals surface area contributed by atoms with Crippen molar-refractivity contribution in [2.24, 2.45) is 5.73 Å². The van der Waals surface area contributed by atoms with Gasteiger partial charge in [-0.2, -0.15) is 0 Å². The van der Waals surface area contributed by atoms with Crippen molar-refractivity contribution in [3.8, 4) is 12.8 Å². The Labute approximate surface area is 143 Å². The Bertz CT molecular complexity index is 544.